The molecule has 0 saturated heterocycles. The van der Waals surface area contributed by atoms with Gasteiger partial charge in [-0.2, -0.15) is 0 Å². The summed E-state index contributed by atoms with van der Waals surface area (Å²) < 4.78 is 15.2. The molecule has 1 amide bonds. The predicted octanol–water partition coefficient (Wildman–Crippen LogP) is 2.63. The van der Waals surface area contributed by atoms with Crippen LogP contribution in [-0.2, 0) is 20.7 Å². The Kier molecular flexibility index (Phi) is 6.93. The average molecular weight is 371 g/mol. The fourth-order valence-electron chi connectivity index (χ4n) is 2.36. The minimum absolute atomic E-state index is 0.111. The predicted molar refractivity (Wildman–Crippen MR) is 99.3 cm³/mol. The van der Waals surface area contributed by atoms with E-state index >= 15 is 0 Å². The van der Waals surface area contributed by atoms with Crippen LogP contribution in [0.3, 0.4) is 0 Å². The monoisotopic (exact) mass is 371 g/mol. The minimum atomic E-state index is -0.598. The van der Waals surface area contributed by atoms with Crippen LogP contribution >= 0.6 is 0 Å². The van der Waals surface area contributed by atoms with Crippen molar-refractivity contribution in [3.8, 4) is 11.5 Å². The SMILES string of the molecule is COc1ccc(NC(=O)COC(=O)Cc2cc(C(C)=O)ccc2OC)cc1. The topological polar surface area (TPSA) is 90.9 Å². The summed E-state index contributed by atoms with van der Waals surface area (Å²) >= 11 is 0. The fraction of sp³-hybridized carbons (Fsp3) is 0.250. The van der Waals surface area contributed by atoms with Crippen molar-refractivity contribution >= 4 is 23.3 Å². The molecule has 2 aromatic rings. The van der Waals surface area contributed by atoms with E-state index in [0.29, 0.717) is 28.3 Å². The van der Waals surface area contributed by atoms with Gasteiger partial charge in [0.15, 0.2) is 12.4 Å². The number of ether oxygens (including phenoxy) is 3. The van der Waals surface area contributed by atoms with Crippen LogP contribution in [0.2, 0.25) is 0 Å². The molecule has 0 aliphatic carbocycles. The zero-order chi connectivity index (χ0) is 19.8. The molecule has 0 radical (unpaired) electrons. The first-order valence-corrected chi connectivity index (χ1v) is 8.20. The average Bonchev–Trinajstić information content (AvgIpc) is 2.67. The third-order valence-electron chi connectivity index (χ3n) is 3.76. The Labute approximate surface area is 157 Å². The lowest BCUT2D eigenvalue weighted by Crippen LogP contribution is -2.21. The van der Waals surface area contributed by atoms with Crippen LogP contribution in [-0.4, -0.2) is 38.5 Å². The van der Waals surface area contributed by atoms with Gasteiger partial charge in [0, 0.05) is 16.8 Å². The first kappa shape index (κ1) is 20.0. The Morgan fingerprint density at radius 3 is 2.26 bits per heavy atom. The maximum Gasteiger partial charge on any atom is 0.310 e. The molecule has 0 saturated carbocycles. The molecular formula is C20H21NO6. The smallest absolute Gasteiger partial charge is 0.310 e. The number of ketones is 1. The highest BCUT2D eigenvalue weighted by Gasteiger charge is 2.14. The molecule has 2 aromatic carbocycles. The van der Waals surface area contributed by atoms with Gasteiger partial charge in [0.1, 0.15) is 11.5 Å². The highest BCUT2D eigenvalue weighted by atomic mass is 16.5. The highest BCUT2D eigenvalue weighted by Crippen LogP contribution is 2.21. The van der Waals surface area contributed by atoms with Crippen LogP contribution in [0, 0.1) is 0 Å². The molecule has 27 heavy (non-hydrogen) atoms. The number of anilines is 1. The number of methoxy groups -OCH3 is 2. The molecule has 0 aliphatic rings. The number of carbonyl (C=O) groups excluding carboxylic acids is 3. The molecule has 0 fully saturated rings. The van der Waals surface area contributed by atoms with E-state index in [9.17, 15) is 14.4 Å². The first-order chi connectivity index (χ1) is 12.9. The van der Waals surface area contributed by atoms with Crippen molar-refractivity contribution in [2.75, 3.05) is 26.1 Å². The molecule has 7 nitrogen and oxygen atoms in total. The molecule has 0 aromatic heterocycles. The lowest BCUT2D eigenvalue weighted by atomic mass is 10.0. The Morgan fingerprint density at radius 1 is 0.963 bits per heavy atom. The van der Waals surface area contributed by atoms with E-state index in [1.165, 1.54) is 14.0 Å². The molecule has 0 atom stereocenters. The van der Waals surface area contributed by atoms with Crippen LogP contribution < -0.4 is 14.8 Å². The molecule has 0 heterocycles. The number of Topliss-reactive ketones (excluding diaryl/α,β-unsaturated/α-hetero) is 1. The van der Waals surface area contributed by atoms with Crippen LogP contribution in [0.4, 0.5) is 5.69 Å². The van der Waals surface area contributed by atoms with Gasteiger partial charge in [0.2, 0.25) is 0 Å². The second-order valence-electron chi connectivity index (χ2n) is 5.70. The maximum absolute atomic E-state index is 12.0. The molecule has 1 N–H and O–H groups in total. The van der Waals surface area contributed by atoms with Crippen LogP contribution in [0.5, 0.6) is 11.5 Å². The summed E-state index contributed by atoms with van der Waals surface area (Å²) in [7, 11) is 3.02. The Morgan fingerprint density at radius 2 is 1.67 bits per heavy atom. The van der Waals surface area contributed by atoms with Gasteiger partial charge < -0.3 is 19.5 Å². The second kappa shape index (κ2) is 9.38. The number of hydrogen-bond acceptors (Lipinski definition) is 6. The summed E-state index contributed by atoms with van der Waals surface area (Å²) in [4.78, 5) is 35.4. The van der Waals surface area contributed by atoms with Gasteiger partial charge in [-0.15, -0.1) is 0 Å². The number of amides is 1. The van der Waals surface area contributed by atoms with Gasteiger partial charge in [-0.3, -0.25) is 14.4 Å². The summed E-state index contributed by atoms with van der Waals surface area (Å²) in [5, 5.41) is 2.62. The quantitative estimate of drug-likeness (QED) is 0.567. The van der Waals surface area contributed by atoms with E-state index in [4.69, 9.17) is 14.2 Å². The maximum atomic E-state index is 12.0. The summed E-state index contributed by atoms with van der Waals surface area (Å²) in [6, 6.07) is 11.6. The molecular weight excluding hydrogens is 350 g/mol. The molecule has 142 valence electrons. The van der Waals surface area contributed by atoms with Gasteiger partial charge in [-0.1, -0.05) is 0 Å². The van der Waals surface area contributed by atoms with E-state index in [0.717, 1.165) is 0 Å². The summed E-state index contributed by atoms with van der Waals surface area (Å²) in [5.74, 6) is -0.0382. The van der Waals surface area contributed by atoms with Crippen molar-refractivity contribution in [2.24, 2.45) is 0 Å². The molecule has 0 bridgehead atoms. The third kappa shape index (κ3) is 5.85. The highest BCUT2D eigenvalue weighted by molar-refractivity contribution is 5.95. The third-order valence-corrected chi connectivity index (χ3v) is 3.76. The number of nitrogens with one attached hydrogen (secondary N) is 1. The summed E-state index contributed by atoms with van der Waals surface area (Å²) in [6.45, 7) is 1.02. The van der Waals surface area contributed by atoms with Crippen LogP contribution in [0.15, 0.2) is 42.5 Å². The van der Waals surface area contributed by atoms with Crippen molar-refractivity contribution in [2.45, 2.75) is 13.3 Å². The Bertz CT molecular complexity index is 829. The van der Waals surface area contributed by atoms with Gasteiger partial charge in [0.05, 0.1) is 20.6 Å². The number of esters is 1. The van der Waals surface area contributed by atoms with Crippen molar-refractivity contribution in [3.63, 3.8) is 0 Å². The summed E-state index contributed by atoms with van der Waals surface area (Å²) in [6.07, 6.45) is -0.111. The zero-order valence-electron chi connectivity index (χ0n) is 15.4. The van der Waals surface area contributed by atoms with E-state index in [2.05, 4.69) is 5.32 Å². The normalized spacial score (nSPS) is 10.0. The van der Waals surface area contributed by atoms with Crippen molar-refractivity contribution < 1.29 is 28.6 Å². The standard InChI is InChI=1S/C20H21NO6/c1-13(22)14-4-9-18(26-3)15(10-14)11-20(24)27-12-19(23)21-16-5-7-17(25-2)8-6-16/h4-10H,11-12H2,1-3H3,(H,21,23). The van der Waals surface area contributed by atoms with E-state index < -0.39 is 18.5 Å². The number of hydrogen-bond donors (Lipinski definition) is 1. The number of carbonyl (C=O) groups is 3. The second-order valence-corrected chi connectivity index (χ2v) is 5.70. The number of rotatable bonds is 8. The van der Waals surface area contributed by atoms with Gasteiger partial charge in [0.25, 0.3) is 5.91 Å². The first-order valence-electron chi connectivity index (χ1n) is 8.20. The van der Waals surface area contributed by atoms with Crippen LogP contribution in [0.1, 0.15) is 22.8 Å². The van der Waals surface area contributed by atoms with E-state index in [1.54, 1.807) is 49.6 Å². The molecule has 0 unspecified atom stereocenters. The molecule has 0 spiro atoms. The van der Waals surface area contributed by atoms with E-state index in [1.807, 2.05) is 0 Å². The van der Waals surface area contributed by atoms with Crippen molar-refractivity contribution in [1.82, 2.24) is 0 Å². The lowest BCUT2D eigenvalue weighted by Gasteiger charge is -2.10. The van der Waals surface area contributed by atoms with Gasteiger partial charge in [-0.05, 0) is 49.4 Å². The molecule has 7 heteroatoms. The largest absolute Gasteiger partial charge is 0.497 e. The Balaban J connectivity index is 1.90. The number of benzene rings is 2. The summed E-state index contributed by atoms with van der Waals surface area (Å²) in [5.41, 5.74) is 1.55. The minimum Gasteiger partial charge on any atom is -0.497 e. The van der Waals surface area contributed by atoms with Crippen LogP contribution in [0.25, 0.3) is 0 Å². The zero-order valence-corrected chi connectivity index (χ0v) is 15.4. The Hall–Kier alpha value is -3.35. The van der Waals surface area contributed by atoms with E-state index in [-0.39, 0.29) is 12.2 Å². The van der Waals surface area contributed by atoms with Crippen molar-refractivity contribution in [3.05, 3.63) is 53.6 Å². The van der Waals surface area contributed by atoms with Gasteiger partial charge in [-0.25, -0.2) is 0 Å². The van der Waals surface area contributed by atoms with Crippen molar-refractivity contribution in [1.29, 1.82) is 0 Å². The molecule has 0 aliphatic heterocycles. The molecule has 2 rings (SSSR count). The fourth-order valence-corrected chi connectivity index (χ4v) is 2.36. The van der Waals surface area contributed by atoms with Gasteiger partial charge >= 0.3 is 5.97 Å². The lowest BCUT2D eigenvalue weighted by molar-refractivity contribution is -0.146.